The standard InChI is InChI=1S/C13H22N2O3/c16-11(17)13(8-3-1-2-4-9-13)15-12(18)14-10-6-5-7-10/h10H,1-9H2,(H,16,17)(H2,14,15,18). The van der Waals surface area contributed by atoms with Gasteiger partial charge >= 0.3 is 12.0 Å². The lowest BCUT2D eigenvalue weighted by atomic mass is 9.90. The molecule has 18 heavy (non-hydrogen) atoms. The third-order valence-electron chi connectivity index (χ3n) is 4.16. The molecule has 0 aliphatic heterocycles. The number of nitrogens with one attached hydrogen (secondary N) is 2. The van der Waals surface area contributed by atoms with Crippen molar-refractivity contribution in [2.45, 2.75) is 69.4 Å². The van der Waals surface area contributed by atoms with Crippen molar-refractivity contribution in [3.05, 3.63) is 0 Å². The van der Waals surface area contributed by atoms with E-state index in [2.05, 4.69) is 10.6 Å². The van der Waals surface area contributed by atoms with E-state index in [0.29, 0.717) is 12.8 Å². The number of hydrogen-bond acceptors (Lipinski definition) is 2. The first-order valence-electron chi connectivity index (χ1n) is 6.94. The van der Waals surface area contributed by atoms with Crippen molar-refractivity contribution >= 4 is 12.0 Å². The fourth-order valence-corrected chi connectivity index (χ4v) is 2.72. The molecule has 0 heterocycles. The summed E-state index contributed by atoms with van der Waals surface area (Å²) < 4.78 is 0. The highest BCUT2D eigenvalue weighted by Gasteiger charge is 2.40. The van der Waals surface area contributed by atoms with E-state index in [1.165, 1.54) is 0 Å². The van der Waals surface area contributed by atoms with E-state index in [1.54, 1.807) is 0 Å². The van der Waals surface area contributed by atoms with Crippen molar-refractivity contribution in [1.82, 2.24) is 10.6 Å². The maximum Gasteiger partial charge on any atom is 0.329 e. The second-order valence-corrected chi connectivity index (χ2v) is 5.53. The molecule has 0 radical (unpaired) electrons. The summed E-state index contributed by atoms with van der Waals surface area (Å²) in [5, 5.41) is 15.0. The number of carbonyl (C=O) groups excluding carboxylic acids is 1. The fourth-order valence-electron chi connectivity index (χ4n) is 2.72. The van der Waals surface area contributed by atoms with Gasteiger partial charge in [0.15, 0.2) is 0 Å². The highest BCUT2D eigenvalue weighted by atomic mass is 16.4. The zero-order chi connectivity index (χ0) is 13.0. The van der Waals surface area contributed by atoms with Crippen LogP contribution < -0.4 is 10.6 Å². The van der Waals surface area contributed by atoms with Gasteiger partial charge in [-0.2, -0.15) is 0 Å². The number of carbonyl (C=O) groups is 2. The van der Waals surface area contributed by atoms with Gasteiger partial charge in [0.05, 0.1) is 0 Å². The lowest BCUT2D eigenvalue weighted by Gasteiger charge is -2.32. The molecule has 102 valence electrons. The zero-order valence-electron chi connectivity index (χ0n) is 10.7. The van der Waals surface area contributed by atoms with Gasteiger partial charge in [0.1, 0.15) is 5.54 Å². The van der Waals surface area contributed by atoms with Gasteiger partial charge in [0.25, 0.3) is 0 Å². The van der Waals surface area contributed by atoms with Crippen molar-refractivity contribution in [3.63, 3.8) is 0 Å². The predicted molar refractivity (Wildman–Crippen MR) is 67.4 cm³/mol. The molecule has 0 saturated heterocycles. The Labute approximate surface area is 107 Å². The summed E-state index contributed by atoms with van der Waals surface area (Å²) in [7, 11) is 0. The first-order chi connectivity index (χ1) is 8.62. The number of amides is 2. The van der Waals surface area contributed by atoms with Crippen molar-refractivity contribution in [3.8, 4) is 0 Å². The van der Waals surface area contributed by atoms with Crippen LogP contribution in [0.3, 0.4) is 0 Å². The predicted octanol–water partition coefficient (Wildman–Crippen LogP) is 2.02. The van der Waals surface area contributed by atoms with E-state index >= 15 is 0 Å². The molecule has 0 spiro atoms. The summed E-state index contributed by atoms with van der Waals surface area (Å²) in [5.41, 5.74) is -1.05. The highest BCUT2D eigenvalue weighted by molar-refractivity contribution is 5.86. The smallest absolute Gasteiger partial charge is 0.329 e. The summed E-state index contributed by atoms with van der Waals surface area (Å²) in [6.45, 7) is 0. The van der Waals surface area contributed by atoms with E-state index in [4.69, 9.17) is 0 Å². The second kappa shape index (κ2) is 5.59. The van der Waals surface area contributed by atoms with E-state index in [-0.39, 0.29) is 12.1 Å². The largest absolute Gasteiger partial charge is 0.480 e. The molecule has 2 saturated carbocycles. The van der Waals surface area contributed by atoms with Crippen LogP contribution in [-0.2, 0) is 4.79 Å². The van der Waals surface area contributed by atoms with Gasteiger partial charge in [-0.1, -0.05) is 25.7 Å². The van der Waals surface area contributed by atoms with Crippen LogP contribution in [0.4, 0.5) is 4.79 Å². The summed E-state index contributed by atoms with van der Waals surface area (Å²) >= 11 is 0. The lowest BCUT2D eigenvalue weighted by Crippen LogP contribution is -2.58. The van der Waals surface area contributed by atoms with Gasteiger partial charge < -0.3 is 15.7 Å². The molecule has 0 atom stereocenters. The fraction of sp³-hybridized carbons (Fsp3) is 0.846. The van der Waals surface area contributed by atoms with Crippen LogP contribution in [0.2, 0.25) is 0 Å². The van der Waals surface area contributed by atoms with E-state index in [9.17, 15) is 14.7 Å². The Kier molecular flexibility index (Phi) is 4.09. The quantitative estimate of drug-likeness (QED) is 0.674. The van der Waals surface area contributed by atoms with Crippen LogP contribution in [0.25, 0.3) is 0 Å². The average molecular weight is 254 g/mol. The number of urea groups is 1. The molecule has 0 aromatic heterocycles. The Morgan fingerprint density at radius 2 is 1.61 bits per heavy atom. The molecular weight excluding hydrogens is 232 g/mol. The number of carboxylic acids is 1. The Morgan fingerprint density at radius 3 is 2.06 bits per heavy atom. The molecular formula is C13H22N2O3. The van der Waals surface area contributed by atoms with Gasteiger partial charge in [0.2, 0.25) is 0 Å². The van der Waals surface area contributed by atoms with Gasteiger partial charge in [-0.25, -0.2) is 9.59 Å². The van der Waals surface area contributed by atoms with Crippen molar-refractivity contribution in [2.75, 3.05) is 0 Å². The molecule has 2 amide bonds. The molecule has 5 nitrogen and oxygen atoms in total. The Morgan fingerprint density at radius 1 is 1.00 bits per heavy atom. The first-order valence-corrected chi connectivity index (χ1v) is 6.94. The second-order valence-electron chi connectivity index (χ2n) is 5.53. The molecule has 3 N–H and O–H groups in total. The number of aliphatic carboxylic acids is 1. The normalized spacial score (nSPS) is 23.6. The van der Waals surface area contributed by atoms with E-state index in [1.807, 2.05) is 0 Å². The molecule has 2 rings (SSSR count). The minimum atomic E-state index is -1.05. The van der Waals surface area contributed by atoms with Gasteiger partial charge in [0, 0.05) is 6.04 Å². The molecule has 0 aromatic rings. The minimum absolute atomic E-state index is 0.238. The van der Waals surface area contributed by atoms with Crippen molar-refractivity contribution in [1.29, 1.82) is 0 Å². The molecule has 5 heteroatoms. The Balaban J connectivity index is 1.95. The monoisotopic (exact) mass is 254 g/mol. The Hall–Kier alpha value is -1.26. The molecule has 0 bridgehead atoms. The summed E-state index contributed by atoms with van der Waals surface area (Å²) in [6, 6.07) is -0.0781. The molecule has 2 aliphatic carbocycles. The minimum Gasteiger partial charge on any atom is -0.480 e. The number of hydrogen-bond donors (Lipinski definition) is 3. The topological polar surface area (TPSA) is 78.4 Å². The average Bonchev–Trinajstić information content (AvgIpc) is 2.50. The third kappa shape index (κ3) is 2.94. The van der Waals surface area contributed by atoms with Crippen LogP contribution >= 0.6 is 0 Å². The van der Waals surface area contributed by atoms with Crippen LogP contribution in [0, 0.1) is 0 Å². The van der Waals surface area contributed by atoms with Crippen LogP contribution in [-0.4, -0.2) is 28.7 Å². The summed E-state index contributed by atoms with van der Waals surface area (Å²) in [6.07, 6.45) is 8.10. The van der Waals surface area contributed by atoms with Crippen LogP contribution in [0.1, 0.15) is 57.8 Å². The maximum absolute atomic E-state index is 11.9. The maximum atomic E-state index is 11.9. The van der Waals surface area contributed by atoms with Crippen LogP contribution in [0.5, 0.6) is 0 Å². The SMILES string of the molecule is O=C(NC1CCC1)NC1(C(=O)O)CCCCCC1. The van der Waals surface area contributed by atoms with Gasteiger partial charge in [-0.3, -0.25) is 0 Å². The summed E-state index contributed by atoms with van der Waals surface area (Å²) in [4.78, 5) is 23.3. The first kappa shape index (κ1) is 13.2. The zero-order valence-corrected chi connectivity index (χ0v) is 10.7. The molecule has 0 unspecified atom stereocenters. The highest BCUT2D eigenvalue weighted by Crippen LogP contribution is 2.27. The van der Waals surface area contributed by atoms with Gasteiger partial charge in [-0.05, 0) is 32.1 Å². The van der Waals surface area contributed by atoms with Crippen molar-refractivity contribution in [2.24, 2.45) is 0 Å². The molecule has 2 fully saturated rings. The van der Waals surface area contributed by atoms with E-state index in [0.717, 1.165) is 44.9 Å². The third-order valence-corrected chi connectivity index (χ3v) is 4.16. The van der Waals surface area contributed by atoms with Gasteiger partial charge in [-0.15, -0.1) is 0 Å². The van der Waals surface area contributed by atoms with Crippen molar-refractivity contribution < 1.29 is 14.7 Å². The molecule has 0 aromatic carbocycles. The van der Waals surface area contributed by atoms with Crippen LogP contribution in [0.15, 0.2) is 0 Å². The lowest BCUT2D eigenvalue weighted by molar-refractivity contribution is -0.145. The van der Waals surface area contributed by atoms with E-state index < -0.39 is 11.5 Å². The number of rotatable bonds is 3. The summed E-state index contributed by atoms with van der Waals surface area (Å²) in [5.74, 6) is -0.895. The Bertz CT molecular complexity index is 318. The number of carboxylic acid groups (broad SMARTS) is 1. The molecule has 2 aliphatic rings.